The van der Waals surface area contributed by atoms with Crippen molar-refractivity contribution in [3.05, 3.63) is 35.4 Å². The molecule has 1 spiro atoms. The molecule has 6 fully saturated rings. The van der Waals surface area contributed by atoms with Crippen LogP contribution in [0.2, 0.25) is 0 Å². The minimum atomic E-state index is -1.47. The fourth-order valence-electron chi connectivity index (χ4n) is 13.7. The molecule has 0 aromatic heterocycles. The number of benzene rings is 1. The van der Waals surface area contributed by atoms with Crippen molar-refractivity contribution in [1.82, 2.24) is 0 Å². The molecule has 12 unspecified atom stereocenters. The number of ketones is 1. The molecule has 7 aliphatic rings. The first-order chi connectivity index (χ1) is 25.9. The second-order valence-corrected chi connectivity index (χ2v) is 20.1. The summed E-state index contributed by atoms with van der Waals surface area (Å²) in [5, 5.41) is 69.8. The topological polar surface area (TPSA) is 171 Å². The van der Waals surface area contributed by atoms with Crippen LogP contribution in [0.1, 0.15) is 124 Å². The minimum Gasteiger partial charge on any atom is -0.508 e. The number of hydrogen-bond donors (Lipinski definition) is 6. The lowest BCUT2D eigenvalue weighted by Crippen LogP contribution is -2.67. The van der Waals surface area contributed by atoms with E-state index in [0.717, 1.165) is 44.1 Å². The average molecular weight is 764 g/mol. The zero-order chi connectivity index (χ0) is 39.5. The van der Waals surface area contributed by atoms with Crippen molar-refractivity contribution in [2.24, 2.45) is 45.3 Å². The maximum atomic E-state index is 14.4. The third kappa shape index (κ3) is 5.61. The molecule has 10 nitrogen and oxygen atoms in total. The SMILES string of the molecule is CC(C)C(C)C1OC1C(C)(O)C1CCC2(O)C3=CC(=O)C4(CO)CC(O)C(O)CC4(C)C3CCC12CCc1cc(O)cc(N2CCC3(CCCCC3)C2=O)c1. The van der Waals surface area contributed by atoms with Gasteiger partial charge in [-0.3, -0.25) is 9.59 Å². The first-order valence-electron chi connectivity index (χ1n) is 21.4. The summed E-state index contributed by atoms with van der Waals surface area (Å²) in [4.78, 5) is 30.1. The first-order valence-corrected chi connectivity index (χ1v) is 21.4. The molecule has 4 saturated carbocycles. The number of anilines is 1. The van der Waals surface area contributed by atoms with Crippen LogP contribution in [0.15, 0.2) is 29.8 Å². The predicted octanol–water partition coefficient (Wildman–Crippen LogP) is 5.37. The van der Waals surface area contributed by atoms with Crippen LogP contribution in [0.5, 0.6) is 5.75 Å². The van der Waals surface area contributed by atoms with Gasteiger partial charge in [-0.25, -0.2) is 0 Å². The van der Waals surface area contributed by atoms with Crippen LogP contribution in [0.3, 0.4) is 0 Å². The standard InChI is InChI=1S/C45H65NO9/c1-26(2)27(3)37-38(55-37)41(5,53)35-11-16-45(54)32-22-36(51)44(25-47)24-34(50)33(49)23-40(44,4)31(32)10-15-43(35,45)14-9-28-19-29(21-30(48)20-28)46-18-17-42(39(46)52)12-7-6-8-13-42/h19-22,26-27,31,33-35,37-38,47-50,53-54H,6-18,23-25H2,1-5H3. The predicted molar refractivity (Wildman–Crippen MR) is 207 cm³/mol. The van der Waals surface area contributed by atoms with Crippen molar-refractivity contribution in [3.63, 3.8) is 0 Å². The maximum Gasteiger partial charge on any atom is 0.233 e. The Hall–Kier alpha value is -2.34. The van der Waals surface area contributed by atoms with Crippen molar-refractivity contribution < 1.29 is 45.0 Å². The highest BCUT2D eigenvalue weighted by atomic mass is 16.6. The fraction of sp³-hybridized carbons (Fsp3) is 0.778. The molecule has 5 aliphatic carbocycles. The summed E-state index contributed by atoms with van der Waals surface area (Å²) in [7, 11) is 0. The van der Waals surface area contributed by atoms with E-state index in [2.05, 4.69) is 20.8 Å². The molecule has 0 radical (unpaired) electrons. The molecule has 10 heteroatoms. The molecule has 2 heterocycles. The lowest BCUT2D eigenvalue weighted by molar-refractivity contribution is -0.195. The Morgan fingerprint density at radius 2 is 1.67 bits per heavy atom. The van der Waals surface area contributed by atoms with Crippen LogP contribution in [0.25, 0.3) is 0 Å². The number of allylic oxidation sites excluding steroid dienone is 1. The number of aliphatic hydroxyl groups excluding tert-OH is 3. The summed E-state index contributed by atoms with van der Waals surface area (Å²) in [5.74, 6) is -0.203. The Kier molecular flexibility index (Phi) is 9.58. The molecular weight excluding hydrogens is 698 g/mol. The van der Waals surface area contributed by atoms with E-state index in [9.17, 15) is 40.2 Å². The number of carbonyl (C=O) groups is 2. The number of rotatable bonds is 9. The van der Waals surface area contributed by atoms with Crippen LogP contribution >= 0.6 is 0 Å². The van der Waals surface area contributed by atoms with Gasteiger partial charge in [-0.1, -0.05) is 47.0 Å². The van der Waals surface area contributed by atoms with E-state index in [0.29, 0.717) is 62.2 Å². The van der Waals surface area contributed by atoms with Gasteiger partial charge in [-0.15, -0.1) is 0 Å². The van der Waals surface area contributed by atoms with Crippen LogP contribution in [-0.2, 0) is 20.7 Å². The summed E-state index contributed by atoms with van der Waals surface area (Å²) >= 11 is 0. The van der Waals surface area contributed by atoms with E-state index >= 15 is 0 Å². The summed E-state index contributed by atoms with van der Waals surface area (Å²) in [6, 6.07) is 5.42. The van der Waals surface area contributed by atoms with E-state index in [-0.39, 0.29) is 59.6 Å². The Labute approximate surface area is 326 Å². The molecule has 2 aliphatic heterocycles. The van der Waals surface area contributed by atoms with Crippen LogP contribution in [-0.4, -0.2) is 91.1 Å². The number of ether oxygens (including phenoxy) is 1. The van der Waals surface area contributed by atoms with E-state index < -0.39 is 52.4 Å². The Bertz CT molecular complexity index is 1730. The molecule has 0 bridgehead atoms. The summed E-state index contributed by atoms with van der Waals surface area (Å²) in [5.41, 5.74) is -3.96. The van der Waals surface area contributed by atoms with Crippen LogP contribution in [0.4, 0.5) is 5.69 Å². The van der Waals surface area contributed by atoms with Gasteiger partial charge in [0, 0.05) is 23.7 Å². The minimum absolute atomic E-state index is 0.0455. The zero-order valence-corrected chi connectivity index (χ0v) is 33.6. The monoisotopic (exact) mass is 763 g/mol. The largest absolute Gasteiger partial charge is 0.508 e. The fourth-order valence-corrected chi connectivity index (χ4v) is 13.7. The van der Waals surface area contributed by atoms with Gasteiger partial charge in [0.2, 0.25) is 5.91 Å². The van der Waals surface area contributed by atoms with Gasteiger partial charge >= 0.3 is 0 Å². The third-order valence-corrected chi connectivity index (χ3v) is 17.4. The van der Waals surface area contributed by atoms with Gasteiger partial charge in [-0.05, 0) is 136 Å². The summed E-state index contributed by atoms with van der Waals surface area (Å²) in [6.45, 7) is 10.4. The molecule has 8 rings (SSSR count). The second kappa shape index (κ2) is 13.3. The number of aliphatic hydroxyl groups is 5. The number of amides is 1. The van der Waals surface area contributed by atoms with Gasteiger partial charge in [-0.2, -0.15) is 0 Å². The molecule has 1 aromatic rings. The number of nitrogens with zero attached hydrogens (tertiary/aromatic N) is 1. The maximum absolute atomic E-state index is 14.4. The van der Waals surface area contributed by atoms with E-state index in [1.165, 1.54) is 0 Å². The normalized spacial score (nSPS) is 42.5. The second-order valence-electron chi connectivity index (χ2n) is 20.1. The number of carbonyl (C=O) groups excluding carboxylic acids is 2. The highest BCUT2D eigenvalue weighted by molar-refractivity contribution is 6.00. The zero-order valence-electron chi connectivity index (χ0n) is 33.6. The number of phenols is 1. The number of aryl methyl sites for hydroxylation is 1. The third-order valence-electron chi connectivity index (χ3n) is 17.4. The van der Waals surface area contributed by atoms with Gasteiger partial charge in [0.05, 0.1) is 47.0 Å². The molecule has 6 N–H and O–H groups in total. The Morgan fingerprint density at radius 3 is 2.36 bits per heavy atom. The number of epoxide rings is 1. The lowest BCUT2D eigenvalue weighted by atomic mass is 9.40. The van der Waals surface area contributed by atoms with Gasteiger partial charge in [0.15, 0.2) is 5.78 Å². The van der Waals surface area contributed by atoms with E-state index in [1.54, 1.807) is 18.2 Å². The number of hydrogen-bond acceptors (Lipinski definition) is 9. The van der Waals surface area contributed by atoms with E-state index in [1.807, 2.05) is 24.8 Å². The number of aromatic hydroxyl groups is 1. The molecule has 12 atom stereocenters. The molecular formula is C45H65NO9. The van der Waals surface area contributed by atoms with Crippen molar-refractivity contribution in [2.45, 2.75) is 160 Å². The number of fused-ring (bicyclic) bond motifs is 5. The van der Waals surface area contributed by atoms with Crippen molar-refractivity contribution in [1.29, 1.82) is 0 Å². The Balaban J connectivity index is 1.16. The van der Waals surface area contributed by atoms with Crippen molar-refractivity contribution >= 4 is 17.4 Å². The summed E-state index contributed by atoms with van der Waals surface area (Å²) < 4.78 is 6.29. The van der Waals surface area contributed by atoms with Crippen LogP contribution in [0, 0.1) is 45.3 Å². The quantitative estimate of drug-likeness (QED) is 0.181. The van der Waals surface area contributed by atoms with Crippen LogP contribution < -0.4 is 4.90 Å². The average Bonchev–Trinajstić information content (AvgIpc) is 3.82. The number of phenolic OH excluding ortho intramolecular Hbond substituents is 1. The highest BCUT2D eigenvalue weighted by Gasteiger charge is 2.74. The highest BCUT2D eigenvalue weighted by Crippen LogP contribution is 2.72. The lowest BCUT2D eigenvalue weighted by Gasteiger charge is -2.64. The van der Waals surface area contributed by atoms with E-state index in [4.69, 9.17) is 4.74 Å². The molecule has 55 heavy (non-hydrogen) atoms. The van der Waals surface area contributed by atoms with Crippen molar-refractivity contribution in [2.75, 3.05) is 18.1 Å². The van der Waals surface area contributed by atoms with Gasteiger partial charge in [0.25, 0.3) is 0 Å². The molecule has 2 saturated heterocycles. The molecule has 304 valence electrons. The molecule has 1 amide bonds. The molecule has 1 aromatic carbocycles. The Morgan fingerprint density at radius 1 is 0.964 bits per heavy atom. The smallest absolute Gasteiger partial charge is 0.233 e. The van der Waals surface area contributed by atoms with Crippen molar-refractivity contribution in [3.8, 4) is 5.75 Å². The van der Waals surface area contributed by atoms with Gasteiger partial charge in [0.1, 0.15) is 11.9 Å². The van der Waals surface area contributed by atoms with Gasteiger partial charge < -0.3 is 40.3 Å². The first kappa shape index (κ1) is 39.5. The summed E-state index contributed by atoms with van der Waals surface area (Å²) in [6.07, 6.45) is 7.77.